The van der Waals surface area contributed by atoms with Crippen LogP contribution in [0.5, 0.6) is 0 Å². The van der Waals surface area contributed by atoms with Crippen molar-refractivity contribution in [3.05, 3.63) is 29.6 Å². The van der Waals surface area contributed by atoms with E-state index in [2.05, 4.69) is 29.5 Å². The van der Waals surface area contributed by atoms with Gasteiger partial charge in [-0.1, -0.05) is 13.8 Å². The molecule has 6 heteroatoms. The average Bonchev–Trinajstić information content (AvgIpc) is 2.41. The molecule has 0 atom stereocenters. The summed E-state index contributed by atoms with van der Waals surface area (Å²) in [5, 5.41) is 14.2. The van der Waals surface area contributed by atoms with E-state index >= 15 is 0 Å². The second kappa shape index (κ2) is 8.14. The summed E-state index contributed by atoms with van der Waals surface area (Å²) in [6, 6.07) is 2.59. The minimum atomic E-state index is -1.01. The topological polar surface area (TPSA) is 91.3 Å². The molecule has 6 nitrogen and oxygen atoms in total. The number of hydrogen-bond donors (Lipinski definition) is 3. The van der Waals surface area contributed by atoms with Crippen molar-refractivity contribution in [1.82, 2.24) is 15.6 Å². The van der Waals surface area contributed by atoms with E-state index in [4.69, 9.17) is 5.11 Å². The lowest BCUT2D eigenvalue weighted by Gasteiger charge is -2.08. The van der Waals surface area contributed by atoms with Crippen LogP contribution in [-0.4, -0.2) is 28.6 Å². The summed E-state index contributed by atoms with van der Waals surface area (Å²) in [6.45, 7) is 5.12. The Hall–Kier alpha value is -2.11. The lowest BCUT2D eigenvalue weighted by atomic mass is 10.1. The molecule has 1 aromatic rings. The molecule has 0 aliphatic rings. The van der Waals surface area contributed by atoms with Crippen LogP contribution in [0.1, 0.15) is 42.7 Å². The first-order valence-electron chi connectivity index (χ1n) is 6.69. The van der Waals surface area contributed by atoms with E-state index < -0.39 is 5.97 Å². The highest BCUT2D eigenvalue weighted by Gasteiger charge is 2.05. The van der Waals surface area contributed by atoms with Gasteiger partial charge in [0.15, 0.2) is 0 Å². The molecule has 0 saturated carbocycles. The second-order valence-electron chi connectivity index (χ2n) is 4.99. The molecule has 20 heavy (non-hydrogen) atoms. The van der Waals surface area contributed by atoms with E-state index in [0.717, 1.165) is 12.8 Å². The molecule has 1 heterocycles. The average molecular weight is 279 g/mol. The minimum absolute atomic E-state index is 0.161. The van der Waals surface area contributed by atoms with Gasteiger partial charge in [-0.15, -0.1) is 0 Å². The van der Waals surface area contributed by atoms with E-state index in [-0.39, 0.29) is 18.1 Å². The summed E-state index contributed by atoms with van der Waals surface area (Å²) < 4.78 is 0. The number of amides is 2. The Bertz CT molecular complexity index is 461. The number of urea groups is 1. The molecule has 0 radical (unpaired) electrons. The van der Waals surface area contributed by atoms with E-state index in [1.807, 2.05) is 0 Å². The van der Waals surface area contributed by atoms with Crippen molar-refractivity contribution >= 4 is 12.0 Å². The normalized spacial score (nSPS) is 10.3. The molecule has 0 unspecified atom stereocenters. The van der Waals surface area contributed by atoms with Crippen molar-refractivity contribution < 1.29 is 14.7 Å². The Morgan fingerprint density at radius 2 is 2.10 bits per heavy atom. The molecule has 0 saturated heterocycles. The molecular formula is C14H21N3O3. The van der Waals surface area contributed by atoms with E-state index in [1.54, 1.807) is 0 Å². The predicted octanol–water partition coefficient (Wildman–Crippen LogP) is 2.02. The Balaban J connectivity index is 2.30. The Kier molecular flexibility index (Phi) is 6.49. The Labute approximate surface area is 118 Å². The smallest absolute Gasteiger partial charge is 0.335 e. The fourth-order valence-corrected chi connectivity index (χ4v) is 1.65. The SMILES string of the molecule is CC(C)CCCNC(=O)NCc1cc(C(=O)O)ccn1. The molecule has 0 aliphatic heterocycles. The van der Waals surface area contributed by atoms with Gasteiger partial charge < -0.3 is 15.7 Å². The van der Waals surface area contributed by atoms with Crippen LogP contribution in [0.25, 0.3) is 0 Å². The monoisotopic (exact) mass is 279 g/mol. The first-order valence-corrected chi connectivity index (χ1v) is 6.69. The minimum Gasteiger partial charge on any atom is -0.478 e. The number of carbonyl (C=O) groups is 2. The maximum absolute atomic E-state index is 11.5. The molecule has 0 fully saturated rings. The molecular weight excluding hydrogens is 258 g/mol. The van der Waals surface area contributed by atoms with Crippen molar-refractivity contribution in [1.29, 1.82) is 0 Å². The lowest BCUT2D eigenvalue weighted by molar-refractivity contribution is 0.0696. The standard InChI is InChI=1S/C14H21N3O3/c1-10(2)4-3-6-16-14(20)17-9-12-8-11(13(18)19)5-7-15-12/h5,7-8,10H,3-4,6,9H2,1-2H3,(H,18,19)(H2,16,17,20). The highest BCUT2D eigenvalue weighted by molar-refractivity contribution is 5.87. The molecule has 0 spiro atoms. The largest absolute Gasteiger partial charge is 0.478 e. The third kappa shape index (κ3) is 6.17. The quantitative estimate of drug-likeness (QED) is 0.666. The van der Waals surface area contributed by atoms with Crippen molar-refractivity contribution in [3.63, 3.8) is 0 Å². The molecule has 2 amide bonds. The highest BCUT2D eigenvalue weighted by atomic mass is 16.4. The van der Waals surface area contributed by atoms with Gasteiger partial charge >= 0.3 is 12.0 Å². The van der Waals surface area contributed by atoms with Gasteiger partial charge in [0.05, 0.1) is 17.8 Å². The highest BCUT2D eigenvalue weighted by Crippen LogP contribution is 2.02. The lowest BCUT2D eigenvalue weighted by Crippen LogP contribution is -2.35. The van der Waals surface area contributed by atoms with Gasteiger partial charge in [0, 0.05) is 12.7 Å². The van der Waals surface area contributed by atoms with E-state index in [1.165, 1.54) is 18.3 Å². The van der Waals surface area contributed by atoms with Crippen LogP contribution < -0.4 is 10.6 Å². The summed E-state index contributed by atoms with van der Waals surface area (Å²) in [6.07, 6.45) is 3.43. The summed E-state index contributed by atoms with van der Waals surface area (Å²) in [7, 11) is 0. The zero-order valence-corrected chi connectivity index (χ0v) is 11.8. The Morgan fingerprint density at radius 1 is 1.35 bits per heavy atom. The van der Waals surface area contributed by atoms with Gasteiger partial charge in [0.1, 0.15) is 0 Å². The number of nitrogens with zero attached hydrogens (tertiary/aromatic N) is 1. The number of rotatable bonds is 7. The third-order valence-corrected chi connectivity index (χ3v) is 2.74. The van der Waals surface area contributed by atoms with E-state index in [0.29, 0.717) is 18.2 Å². The van der Waals surface area contributed by atoms with E-state index in [9.17, 15) is 9.59 Å². The number of aromatic carboxylic acids is 1. The number of hydrogen-bond acceptors (Lipinski definition) is 3. The van der Waals surface area contributed by atoms with Crippen LogP contribution in [0.4, 0.5) is 4.79 Å². The number of carboxylic acids is 1. The third-order valence-electron chi connectivity index (χ3n) is 2.74. The number of aromatic nitrogens is 1. The predicted molar refractivity (Wildman–Crippen MR) is 75.5 cm³/mol. The molecule has 110 valence electrons. The van der Waals surface area contributed by atoms with Gasteiger partial charge in [-0.2, -0.15) is 0 Å². The first-order chi connectivity index (χ1) is 9.49. The number of pyridine rings is 1. The Morgan fingerprint density at radius 3 is 2.75 bits per heavy atom. The first kappa shape index (κ1) is 15.9. The van der Waals surface area contributed by atoms with Gasteiger partial charge in [-0.3, -0.25) is 4.98 Å². The summed E-state index contributed by atoms with van der Waals surface area (Å²) in [4.78, 5) is 26.3. The van der Waals surface area contributed by atoms with Gasteiger partial charge in [0.25, 0.3) is 0 Å². The van der Waals surface area contributed by atoms with Gasteiger partial charge in [0.2, 0.25) is 0 Å². The van der Waals surface area contributed by atoms with Crippen LogP contribution in [0.3, 0.4) is 0 Å². The van der Waals surface area contributed by atoms with Crippen molar-refractivity contribution in [3.8, 4) is 0 Å². The molecule has 0 aliphatic carbocycles. The fraction of sp³-hybridized carbons (Fsp3) is 0.500. The zero-order chi connectivity index (χ0) is 15.0. The zero-order valence-electron chi connectivity index (χ0n) is 11.8. The van der Waals surface area contributed by atoms with Crippen molar-refractivity contribution in [2.75, 3.05) is 6.54 Å². The molecule has 0 bridgehead atoms. The number of carbonyl (C=O) groups excluding carboxylic acids is 1. The molecule has 0 aromatic carbocycles. The molecule has 1 aromatic heterocycles. The maximum Gasteiger partial charge on any atom is 0.335 e. The second-order valence-corrected chi connectivity index (χ2v) is 4.99. The maximum atomic E-state index is 11.5. The van der Waals surface area contributed by atoms with Crippen LogP contribution >= 0.6 is 0 Å². The van der Waals surface area contributed by atoms with Gasteiger partial charge in [-0.05, 0) is 30.9 Å². The van der Waals surface area contributed by atoms with Crippen molar-refractivity contribution in [2.45, 2.75) is 33.2 Å². The number of carboxylic acid groups (broad SMARTS) is 1. The van der Waals surface area contributed by atoms with Crippen LogP contribution in [0, 0.1) is 5.92 Å². The summed E-state index contributed by atoms with van der Waals surface area (Å²) >= 11 is 0. The van der Waals surface area contributed by atoms with Crippen LogP contribution in [0.2, 0.25) is 0 Å². The summed E-state index contributed by atoms with van der Waals surface area (Å²) in [5.41, 5.74) is 0.677. The molecule has 1 rings (SSSR count). The molecule has 3 N–H and O–H groups in total. The van der Waals surface area contributed by atoms with Crippen LogP contribution in [0.15, 0.2) is 18.3 Å². The van der Waals surface area contributed by atoms with Crippen molar-refractivity contribution in [2.24, 2.45) is 5.92 Å². The number of nitrogens with one attached hydrogen (secondary N) is 2. The van der Waals surface area contributed by atoms with Crippen LogP contribution in [-0.2, 0) is 6.54 Å². The summed E-state index contributed by atoms with van der Waals surface area (Å²) in [5.74, 6) is -0.380. The fourth-order valence-electron chi connectivity index (χ4n) is 1.65. The van der Waals surface area contributed by atoms with Gasteiger partial charge in [-0.25, -0.2) is 9.59 Å².